The molecule has 4 N–H and O–H groups in total. The molecule has 0 saturated carbocycles. The molecular formula is C10H15N7O. The Bertz CT molecular complexity index is 551. The van der Waals surface area contributed by atoms with E-state index in [1.165, 1.54) is 0 Å². The number of anilines is 2. The highest BCUT2D eigenvalue weighted by Gasteiger charge is 2.09. The zero-order chi connectivity index (χ0) is 13.1. The van der Waals surface area contributed by atoms with Crippen molar-refractivity contribution in [2.75, 3.05) is 10.7 Å². The fourth-order valence-corrected chi connectivity index (χ4v) is 1.52. The number of hydrazine groups is 1. The molecule has 0 radical (unpaired) electrons. The molecule has 18 heavy (non-hydrogen) atoms. The quantitative estimate of drug-likeness (QED) is 0.535. The van der Waals surface area contributed by atoms with Gasteiger partial charge in [0, 0.05) is 12.5 Å². The SMILES string of the molecule is Cc1nc(NN)c(C)c(NCc2noc(C)n2)n1. The van der Waals surface area contributed by atoms with Gasteiger partial charge in [-0.3, -0.25) is 0 Å². The molecule has 2 rings (SSSR count). The molecule has 0 aliphatic heterocycles. The van der Waals surface area contributed by atoms with E-state index in [1.54, 1.807) is 13.8 Å². The van der Waals surface area contributed by atoms with Crippen LogP contribution in [0.25, 0.3) is 0 Å². The van der Waals surface area contributed by atoms with Gasteiger partial charge in [0.25, 0.3) is 0 Å². The van der Waals surface area contributed by atoms with Crippen LogP contribution in [0.4, 0.5) is 11.6 Å². The van der Waals surface area contributed by atoms with Crippen molar-refractivity contribution in [3.8, 4) is 0 Å². The Balaban J connectivity index is 2.16. The van der Waals surface area contributed by atoms with Crippen molar-refractivity contribution >= 4 is 11.6 Å². The van der Waals surface area contributed by atoms with E-state index in [1.807, 2.05) is 6.92 Å². The van der Waals surface area contributed by atoms with Crippen LogP contribution in [0.1, 0.15) is 23.1 Å². The van der Waals surface area contributed by atoms with Crippen LogP contribution in [0.2, 0.25) is 0 Å². The first-order valence-corrected chi connectivity index (χ1v) is 5.45. The summed E-state index contributed by atoms with van der Waals surface area (Å²) in [5, 5.41) is 6.92. The molecule has 0 aromatic carbocycles. The molecule has 0 saturated heterocycles. The molecular weight excluding hydrogens is 234 g/mol. The molecule has 2 aromatic heterocycles. The van der Waals surface area contributed by atoms with Crippen molar-refractivity contribution in [2.24, 2.45) is 5.84 Å². The fourth-order valence-electron chi connectivity index (χ4n) is 1.52. The molecule has 0 bridgehead atoms. The van der Waals surface area contributed by atoms with Crippen LogP contribution in [0.5, 0.6) is 0 Å². The number of hydrogen-bond donors (Lipinski definition) is 3. The van der Waals surface area contributed by atoms with Crippen LogP contribution in [-0.2, 0) is 6.54 Å². The van der Waals surface area contributed by atoms with Crippen molar-refractivity contribution in [2.45, 2.75) is 27.3 Å². The Kier molecular flexibility index (Phi) is 3.38. The van der Waals surface area contributed by atoms with E-state index < -0.39 is 0 Å². The van der Waals surface area contributed by atoms with E-state index in [4.69, 9.17) is 10.4 Å². The third kappa shape index (κ3) is 2.54. The van der Waals surface area contributed by atoms with E-state index in [-0.39, 0.29) is 0 Å². The number of nitrogen functional groups attached to an aromatic ring is 1. The Hall–Kier alpha value is -2.22. The van der Waals surface area contributed by atoms with Crippen LogP contribution >= 0.6 is 0 Å². The van der Waals surface area contributed by atoms with Crippen molar-refractivity contribution in [1.29, 1.82) is 0 Å². The lowest BCUT2D eigenvalue weighted by Gasteiger charge is -2.11. The van der Waals surface area contributed by atoms with Gasteiger partial charge in [-0.2, -0.15) is 4.98 Å². The van der Waals surface area contributed by atoms with Crippen molar-refractivity contribution in [1.82, 2.24) is 20.1 Å². The minimum atomic E-state index is 0.429. The summed E-state index contributed by atoms with van der Waals surface area (Å²) in [6.45, 7) is 5.84. The van der Waals surface area contributed by atoms with Crippen molar-refractivity contribution in [3.63, 3.8) is 0 Å². The number of rotatable bonds is 4. The number of hydrogen-bond acceptors (Lipinski definition) is 8. The number of nitrogens with zero attached hydrogens (tertiary/aromatic N) is 4. The van der Waals surface area contributed by atoms with Crippen LogP contribution in [0, 0.1) is 20.8 Å². The summed E-state index contributed by atoms with van der Waals surface area (Å²) < 4.78 is 4.89. The molecule has 0 fully saturated rings. The van der Waals surface area contributed by atoms with Crippen molar-refractivity contribution in [3.05, 3.63) is 23.1 Å². The monoisotopic (exact) mass is 249 g/mol. The zero-order valence-electron chi connectivity index (χ0n) is 10.5. The standard InChI is InChI=1S/C10H15N7O/c1-5-9(13-6(2)14-10(5)16-11)12-4-8-15-7(3)18-17-8/h4,11H2,1-3H3,(H2,12,13,14,16). The van der Waals surface area contributed by atoms with E-state index in [2.05, 4.69) is 30.9 Å². The van der Waals surface area contributed by atoms with Gasteiger partial charge in [0.1, 0.15) is 17.5 Å². The van der Waals surface area contributed by atoms with Crippen LogP contribution in [0.3, 0.4) is 0 Å². The number of nitrogens with one attached hydrogen (secondary N) is 2. The second-order valence-corrected chi connectivity index (χ2v) is 3.82. The first-order chi connectivity index (χ1) is 8.60. The predicted molar refractivity (Wildman–Crippen MR) is 65.7 cm³/mol. The first kappa shape index (κ1) is 12.2. The molecule has 2 heterocycles. The second kappa shape index (κ2) is 4.96. The topological polar surface area (TPSA) is 115 Å². The summed E-state index contributed by atoms with van der Waals surface area (Å²) in [4.78, 5) is 12.6. The van der Waals surface area contributed by atoms with Gasteiger partial charge in [-0.05, 0) is 13.8 Å². The number of aryl methyl sites for hydroxylation is 2. The van der Waals surface area contributed by atoms with Gasteiger partial charge < -0.3 is 15.3 Å². The van der Waals surface area contributed by atoms with Crippen molar-refractivity contribution < 1.29 is 4.52 Å². The highest BCUT2D eigenvalue weighted by molar-refractivity contribution is 5.56. The highest BCUT2D eigenvalue weighted by Crippen LogP contribution is 2.19. The minimum absolute atomic E-state index is 0.429. The highest BCUT2D eigenvalue weighted by atomic mass is 16.5. The summed E-state index contributed by atoms with van der Waals surface area (Å²) in [5.41, 5.74) is 3.37. The average molecular weight is 249 g/mol. The summed E-state index contributed by atoms with van der Waals surface area (Å²) >= 11 is 0. The third-order valence-corrected chi connectivity index (χ3v) is 2.38. The summed E-state index contributed by atoms with van der Waals surface area (Å²) in [7, 11) is 0. The largest absolute Gasteiger partial charge is 0.362 e. The fraction of sp³-hybridized carbons (Fsp3) is 0.400. The Morgan fingerprint density at radius 2 is 1.83 bits per heavy atom. The van der Waals surface area contributed by atoms with Crippen LogP contribution in [-0.4, -0.2) is 20.1 Å². The zero-order valence-corrected chi connectivity index (χ0v) is 10.5. The Morgan fingerprint density at radius 1 is 1.11 bits per heavy atom. The molecule has 2 aromatic rings. The molecule has 0 aliphatic rings. The molecule has 0 amide bonds. The predicted octanol–water partition coefficient (Wildman–Crippen LogP) is 0.683. The molecule has 0 unspecified atom stereocenters. The Morgan fingerprint density at radius 3 is 2.44 bits per heavy atom. The molecule has 8 heteroatoms. The molecule has 0 aliphatic carbocycles. The molecule has 0 spiro atoms. The molecule has 0 atom stereocenters. The van der Waals surface area contributed by atoms with Gasteiger partial charge >= 0.3 is 0 Å². The summed E-state index contributed by atoms with van der Waals surface area (Å²) in [5.74, 6) is 8.41. The molecule has 96 valence electrons. The smallest absolute Gasteiger partial charge is 0.223 e. The van der Waals surface area contributed by atoms with Gasteiger partial charge in [0.05, 0.1) is 6.54 Å². The van der Waals surface area contributed by atoms with E-state index >= 15 is 0 Å². The van der Waals surface area contributed by atoms with E-state index in [0.29, 0.717) is 35.7 Å². The number of aromatic nitrogens is 4. The maximum absolute atomic E-state index is 5.39. The first-order valence-electron chi connectivity index (χ1n) is 5.45. The van der Waals surface area contributed by atoms with Gasteiger partial charge in [-0.25, -0.2) is 15.8 Å². The van der Waals surface area contributed by atoms with Gasteiger partial charge in [0.2, 0.25) is 5.89 Å². The summed E-state index contributed by atoms with van der Waals surface area (Å²) in [6, 6.07) is 0. The van der Waals surface area contributed by atoms with Crippen LogP contribution in [0.15, 0.2) is 4.52 Å². The minimum Gasteiger partial charge on any atom is -0.362 e. The van der Waals surface area contributed by atoms with E-state index in [0.717, 1.165) is 5.56 Å². The second-order valence-electron chi connectivity index (χ2n) is 3.82. The lowest BCUT2D eigenvalue weighted by molar-refractivity contribution is 0.388. The Labute approximate surface area is 104 Å². The average Bonchev–Trinajstić information content (AvgIpc) is 2.75. The molecule has 8 nitrogen and oxygen atoms in total. The lowest BCUT2D eigenvalue weighted by atomic mass is 10.3. The van der Waals surface area contributed by atoms with Gasteiger partial charge in [-0.15, -0.1) is 0 Å². The third-order valence-electron chi connectivity index (χ3n) is 2.38. The summed E-state index contributed by atoms with van der Waals surface area (Å²) in [6.07, 6.45) is 0. The van der Waals surface area contributed by atoms with E-state index in [9.17, 15) is 0 Å². The van der Waals surface area contributed by atoms with Gasteiger partial charge in [-0.1, -0.05) is 5.16 Å². The number of nitrogens with two attached hydrogens (primary N) is 1. The van der Waals surface area contributed by atoms with Crippen LogP contribution < -0.4 is 16.6 Å². The normalized spacial score (nSPS) is 10.4. The van der Waals surface area contributed by atoms with Gasteiger partial charge in [0.15, 0.2) is 5.82 Å². The lowest BCUT2D eigenvalue weighted by Crippen LogP contribution is -2.14. The maximum atomic E-state index is 5.39. The maximum Gasteiger partial charge on any atom is 0.223 e.